The van der Waals surface area contributed by atoms with Crippen molar-refractivity contribution in [3.8, 4) is 0 Å². The SMILES string of the molecule is COCC1=CC(=O)NC2=CC(=NC(=O)Cn3cccn3)C=CC12. The average molecular weight is 312 g/mol. The van der Waals surface area contributed by atoms with Crippen molar-refractivity contribution in [2.24, 2.45) is 10.9 Å². The van der Waals surface area contributed by atoms with Crippen LogP contribution in [-0.2, 0) is 20.9 Å². The van der Waals surface area contributed by atoms with E-state index in [4.69, 9.17) is 4.74 Å². The van der Waals surface area contributed by atoms with Crippen LogP contribution in [0, 0.1) is 5.92 Å². The van der Waals surface area contributed by atoms with Crippen LogP contribution in [0.2, 0.25) is 0 Å². The van der Waals surface area contributed by atoms with Crippen LogP contribution in [0.4, 0.5) is 0 Å². The Kier molecular flexibility index (Phi) is 4.29. The fourth-order valence-electron chi connectivity index (χ4n) is 2.55. The first kappa shape index (κ1) is 15.1. The normalized spacial score (nSPS) is 21.5. The van der Waals surface area contributed by atoms with Gasteiger partial charge in [-0.3, -0.25) is 14.3 Å². The molecule has 1 atom stereocenters. The second-order valence-corrected chi connectivity index (χ2v) is 5.21. The number of fused-ring (bicyclic) bond motifs is 1. The summed E-state index contributed by atoms with van der Waals surface area (Å²) in [6.07, 6.45) is 10.2. The second-order valence-electron chi connectivity index (χ2n) is 5.21. The fourth-order valence-corrected chi connectivity index (χ4v) is 2.55. The lowest BCUT2D eigenvalue weighted by Crippen LogP contribution is -2.34. The smallest absolute Gasteiger partial charge is 0.267 e. The van der Waals surface area contributed by atoms with E-state index < -0.39 is 0 Å². The molecule has 7 nitrogen and oxygen atoms in total. The number of carbonyl (C=O) groups excluding carboxylic acids is 2. The summed E-state index contributed by atoms with van der Waals surface area (Å²) in [5.41, 5.74) is 2.09. The zero-order chi connectivity index (χ0) is 16.2. The van der Waals surface area contributed by atoms with Crippen molar-refractivity contribution in [1.29, 1.82) is 0 Å². The molecular weight excluding hydrogens is 296 g/mol. The number of carbonyl (C=O) groups is 2. The number of nitrogens with one attached hydrogen (secondary N) is 1. The number of hydrogen-bond acceptors (Lipinski definition) is 4. The van der Waals surface area contributed by atoms with E-state index in [9.17, 15) is 9.59 Å². The van der Waals surface area contributed by atoms with Crippen LogP contribution >= 0.6 is 0 Å². The van der Waals surface area contributed by atoms with Crippen molar-refractivity contribution < 1.29 is 14.3 Å². The topological polar surface area (TPSA) is 85.6 Å². The number of ether oxygens (including phenoxy) is 1. The van der Waals surface area contributed by atoms with Crippen LogP contribution in [0.5, 0.6) is 0 Å². The van der Waals surface area contributed by atoms with Gasteiger partial charge in [0.05, 0.1) is 12.3 Å². The lowest BCUT2D eigenvalue weighted by Gasteiger charge is -2.27. The van der Waals surface area contributed by atoms with E-state index >= 15 is 0 Å². The van der Waals surface area contributed by atoms with Crippen LogP contribution in [0.3, 0.4) is 0 Å². The second kappa shape index (κ2) is 6.53. The van der Waals surface area contributed by atoms with Crippen molar-refractivity contribution in [2.45, 2.75) is 6.54 Å². The highest BCUT2D eigenvalue weighted by Gasteiger charge is 2.26. The minimum absolute atomic E-state index is 0.0483. The van der Waals surface area contributed by atoms with Crippen molar-refractivity contribution in [3.05, 3.63) is 54.0 Å². The van der Waals surface area contributed by atoms with Crippen molar-refractivity contribution >= 4 is 17.5 Å². The molecule has 0 saturated heterocycles. The lowest BCUT2D eigenvalue weighted by atomic mass is 9.88. The first-order chi connectivity index (χ1) is 11.2. The summed E-state index contributed by atoms with van der Waals surface area (Å²) in [5, 5.41) is 6.75. The third-order valence-electron chi connectivity index (χ3n) is 3.50. The van der Waals surface area contributed by atoms with E-state index in [0.717, 1.165) is 5.57 Å². The van der Waals surface area contributed by atoms with Gasteiger partial charge >= 0.3 is 0 Å². The fraction of sp³-hybridized carbons (Fsp3) is 0.250. The summed E-state index contributed by atoms with van der Waals surface area (Å²) in [7, 11) is 1.59. The molecule has 1 aromatic heterocycles. The van der Waals surface area contributed by atoms with Gasteiger partial charge in [0, 0.05) is 37.2 Å². The molecule has 1 aliphatic carbocycles. The molecule has 1 N–H and O–H groups in total. The quantitative estimate of drug-likeness (QED) is 0.883. The number of hydrogen-bond donors (Lipinski definition) is 1. The van der Waals surface area contributed by atoms with Gasteiger partial charge in [-0.2, -0.15) is 5.10 Å². The van der Waals surface area contributed by atoms with Gasteiger partial charge in [-0.15, -0.1) is 0 Å². The molecule has 2 amide bonds. The Bertz CT molecular complexity index is 741. The Morgan fingerprint density at radius 1 is 1.48 bits per heavy atom. The molecule has 7 heteroatoms. The molecule has 0 fully saturated rings. The summed E-state index contributed by atoms with van der Waals surface area (Å²) in [4.78, 5) is 27.7. The van der Waals surface area contributed by atoms with Crippen LogP contribution in [-0.4, -0.2) is 41.0 Å². The molecular formula is C16H16N4O3. The molecule has 3 rings (SSSR count). The van der Waals surface area contributed by atoms with Crippen LogP contribution in [0.1, 0.15) is 0 Å². The molecule has 23 heavy (non-hydrogen) atoms. The molecule has 2 aliphatic rings. The molecule has 2 heterocycles. The van der Waals surface area contributed by atoms with Gasteiger partial charge in [0.15, 0.2) is 0 Å². The third kappa shape index (κ3) is 3.51. The highest BCUT2D eigenvalue weighted by atomic mass is 16.5. The zero-order valence-electron chi connectivity index (χ0n) is 12.6. The zero-order valence-corrected chi connectivity index (χ0v) is 12.6. The van der Waals surface area contributed by atoms with Gasteiger partial charge in [-0.05, 0) is 23.8 Å². The predicted octanol–water partition coefficient (Wildman–Crippen LogP) is 0.623. The Labute approximate surface area is 133 Å². The number of methoxy groups -OCH3 is 1. The van der Waals surface area contributed by atoms with Gasteiger partial charge in [0.2, 0.25) is 5.91 Å². The molecule has 1 unspecified atom stereocenters. The third-order valence-corrected chi connectivity index (χ3v) is 3.50. The van der Waals surface area contributed by atoms with E-state index in [1.807, 2.05) is 6.08 Å². The highest BCUT2D eigenvalue weighted by Crippen LogP contribution is 2.27. The maximum atomic E-state index is 11.9. The van der Waals surface area contributed by atoms with Crippen LogP contribution in [0.15, 0.2) is 59.0 Å². The number of rotatable bonds is 4. The molecule has 0 radical (unpaired) electrons. The Morgan fingerprint density at radius 2 is 2.35 bits per heavy atom. The summed E-state index contributed by atoms with van der Waals surface area (Å²) < 4.78 is 6.64. The number of aliphatic imine (C=N–C) groups is 1. The van der Waals surface area contributed by atoms with Crippen molar-refractivity contribution in [1.82, 2.24) is 15.1 Å². The average Bonchev–Trinajstić information content (AvgIpc) is 2.99. The first-order valence-electron chi connectivity index (χ1n) is 7.15. The Hall–Kier alpha value is -2.80. The molecule has 0 spiro atoms. The minimum atomic E-state index is -0.307. The number of amides is 2. The molecule has 0 saturated carbocycles. The monoisotopic (exact) mass is 312 g/mol. The van der Waals surface area contributed by atoms with Gasteiger partial charge in [0.25, 0.3) is 5.91 Å². The van der Waals surface area contributed by atoms with Gasteiger partial charge in [-0.1, -0.05) is 6.08 Å². The van der Waals surface area contributed by atoms with Gasteiger partial charge in [0.1, 0.15) is 6.54 Å². The van der Waals surface area contributed by atoms with E-state index in [1.54, 1.807) is 43.8 Å². The molecule has 0 aromatic carbocycles. The largest absolute Gasteiger partial charge is 0.380 e. The maximum Gasteiger partial charge on any atom is 0.267 e. The van der Waals surface area contributed by atoms with Crippen molar-refractivity contribution in [3.63, 3.8) is 0 Å². The van der Waals surface area contributed by atoms with Gasteiger partial charge in [-0.25, -0.2) is 4.99 Å². The van der Waals surface area contributed by atoms with E-state index in [-0.39, 0.29) is 24.3 Å². The summed E-state index contributed by atoms with van der Waals surface area (Å²) >= 11 is 0. The van der Waals surface area contributed by atoms with E-state index in [2.05, 4.69) is 15.4 Å². The van der Waals surface area contributed by atoms with Crippen LogP contribution in [0.25, 0.3) is 0 Å². The van der Waals surface area contributed by atoms with Crippen LogP contribution < -0.4 is 5.32 Å². The van der Waals surface area contributed by atoms with E-state index in [0.29, 0.717) is 18.0 Å². The number of allylic oxidation sites excluding steroid dienone is 3. The summed E-state index contributed by atoms with van der Waals surface area (Å²) in [5.74, 6) is -0.552. The van der Waals surface area contributed by atoms with Gasteiger partial charge < -0.3 is 10.1 Å². The molecule has 0 bridgehead atoms. The first-order valence-corrected chi connectivity index (χ1v) is 7.15. The predicted molar refractivity (Wildman–Crippen MR) is 83.5 cm³/mol. The molecule has 1 aromatic rings. The summed E-state index contributed by atoms with van der Waals surface area (Å²) in [6, 6.07) is 1.74. The maximum absolute atomic E-state index is 11.9. The Morgan fingerprint density at radius 3 is 3.09 bits per heavy atom. The standard InChI is InChI=1S/C16H16N4O3/c1-23-10-11-7-15(21)19-14-8-12(3-4-13(11)14)18-16(22)9-20-6-2-5-17-20/h2-8,13H,9-10H2,1H3,(H,19,21). The minimum Gasteiger partial charge on any atom is -0.380 e. The van der Waals surface area contributed by atoms with E-state index in [1.165, 1.54) is 4.68 Å². The number of nitrogens with zero attached hydrogens (tertiary/aromatic N) is 3. The van der Waals surface area contributed by atoms with Crippen molar-refractivity contribution in [2.75, 3.05) is 13.7 Å². The molecule has 1 aliphatic heterocycles. The Balaban J connectivity index is 1.77. The highest BCUT2D eigenvalue weighted by molar-refractivity contribution is 6.11. The lowest BCUT2D eigenvalue weighted by molar-refractivity contribution is -0.118. The molecule has 118 valence electrons. The summed E-state index contributed by atoms with van der Waals surface area (Å²) in [6.45, 7) is 0.461. The number of aromatic nitrogens is 2.